The minimum Gasteiger partial charge on any atom is -0.356 e. The summed E-state index contributed by atoms with van der Waals surface area (Å²) in [6.07, 6.45) is 6.50. The molecule has 0 bridgehead atoms. The van der Waals surface area contributed by atoms with Crippen LogP contribution in [0.25, 0.3) is 0 Å². The van der Waals surface area contributed by atoms with E-state index in [0.717, 1.165) is 42.7 Å². The number of guanidine groups is 1. The second-order valence-corrected chi connectivity index (χ2v) is 7.07. The Bertz CT molecular complexity index is 820. The Morgan fingerprint density at radius 1 is 1.19 bits per heavy atom. The molecule has 0 saturated heterocycles. The Morgan fingerprint density at radius 3 is 2.65 bits per heavy atom. The summed E-state index contributed by atoms with van der Waals surface area (Å²) in [5, 5.41) is 9.90. The summed E-state index contributed by atoms with van der Waals surface area (Å²) in [5.74, 6) is 0.805. The van der Waals surface area contributed by atoms with Gasteiger partial charge < -0.3 is 15.2 Å². The van der Waals surface area contributed by atoms with E-state index in [4.69, 9.17) is 0 Å². The van der Waals surface area contributed by atoms with Gasteiger partial charge in [0.25, 0.3) is 0 Å². The highest BCUT2D eigenvalue weighted by molar-refractivity contribution is 7.09. The van der Waals surface area contributed by atoms with Crippen LogP contribution in [0.5, 0.6) is 0 Å². The first kappa shape index (κ1) is 18.1. The molecular formula is C19H24N6S. The van der Waals surface area contributed by atoms with Crippen molar-refractivity contribution in [1.82, 2.24) is 25.2 Å². The molecule has 0 saturated carbocycles. The molecule has 3 aromatic rings. The summed E-state index contributed by atoms with van der Waals surface area (Å²) < 4.78 is 2.06. The van der Waals surface area contributed by atoms with Crippen molar-refractivity contribution in [2.24, 2.45) is 4.99 Å². The van der Waals surface area contributed by atoms with Crippen LogP contribution >= 0.6 is 11.3 Å². The molecule has 2 N–H and O–H groups in total. The number of thiazole rings is 1. The SMILES string of the molecule is CN=C(NCCc1csc(C)n1)NCc1ccc(Cn2ccnc2)cc1. The summed E-state index contributed by atoms with van der Waals surface area (Å²) in [4.78, 5) is 12.8. The molecule has 0 aliphatic rings. The van der Waals surface area contributed by atoms with Crippen LogP contribution in [0.15, 0.2) is 53.4 Å². The first-order valence-corrected chi connectivity index (χ1v) is 9.50. The zero-order valence-electron chi connectivity index (χ0n) is 15.1. The zero-order valence-corrected chi connectivity index (χ0v) is 16.0. The van der Waals surface area contributed by atoms with Crippen LogP contribution in [0.2, 0.25) is 0 Å². The second-order valence-electron chi connectivity index (χ2n) is 6.01. The van der Waals surface area contributed by atoms with E-state index in [2.05, 4.69) is 59.8 Å². The number of hydrogen-bond acceptors (Lipinski definition) is 4. The lowest BCUT2D eigenvalue weighted by atomic mass is 10.1. The average Bonchev–Trinajstić information content (AvgIpc) is 3.31. The van der Waals surface area contributed by atoms with Crippen LogP contribution in [0, 0.1) is 6.92 Å². The number of nitrogens with zero attached hydrogens (tertiary/aromatic N) is 4. The minimum atomic E-state index is 0.737. The summed E-state index contributed by atoms with van der Waals surface area (Å²) >= 11 is 1.69. The molecule has 0 unspecified atom stereocenters. The Balaban J connectivity index is 1.43. The van der Waals surface area contributed by atoms with Gasteiger partial charge in [-0.05, 0) is 18.1 Å². The summed E-state index contributed by atoms with van der Waals surface area (Å²) in [5.41, 5.74) is 3.61. The molecule has 0 amide bonds. The van der Waals surface area contributed by atoms with Crippen LogP contribution in [0.3, 0.4) is 0 Å². The van der Waals surface area contributed by atoms with Crippen molar-refractivity contribution in [3.63, 3.8) is 0 Å². The molecule has 136 valence electrons. The van der Waals surface area contributed by atoms with Gasteiger partial charge in [-0.25, -0.2) is 9.97 Å². The normalized spacial score (nSPS) is 11.5. The van der Waals surface area contributed by atoms with Gasteiger partial charge in [-0.15, -0.1) is 11.3 Å². The number of hydrogen-bond donors (Lipinski definition) is 2. The highest BCUT2D eigenvalue weighted by Crippen LogP contribution is 2.08. The highest BCUT2D eigenvalue weighted by atomic mass is 32.1. The van der Waals surface area contributed by atoms with Crippen molar-refractivity contribution < 1.29 is 0 Å². The van der Waals surface area contributed by atoms with Crippen LogP contribution in [-0.4, -0.2) is 34.1 Å². The van der Waals surface area contributed by atoms with Gasteiger partial charge in [0.2, 0.25) is 0 Å². The molecule has 7 heteroatoms. The van der Waals surface area contributed by atoms with E-state index in [1.54, 1.807) is 24.6 Å². The lowest BCUT2D eigenvalue weighted by molar-refractivity contribution is 0.782. The molecule has 0 spiro atoms. The predicted octanol–water partition coefficient (Wildman–Crippen LogP) is 2.60. The first-order valence-electron chi connectivity index (χ1n) is 8.62. The molecule has 0 atom stereocenters. The van der Waals surface area contributed by atoms with E-state index < -0.39 is 0 Å². The van der Waals surface area contributed by atoms with Gasteiger partial charge in [0.1, 0.15) is 0 Å². The maximum atomic E-state index is 4.47. The second kappa shape index (κ2) is 9.15. The first-order chi connectivity index (χ1) is 12.7. The van der Waals surface area contributed by atoms with Gasteiger partial charge in [-0.2, -0.15) is 0 Å². The third kappa shape index (κ3) is 5.42. The van der Waals surface area contributed by atoms with E-state index in [1.165, 1.54) is 11.1 Å². The molecule has 0 radical (unpaired) electrons. The fourth-order valence-corrected chi connectivity index (χ4v) is 3.24. The smallest absolute Gasteiger partial charge is 0.191 e. The van der Waals surface area contributed by atoms with Crippen molar-refractivity contribution >= 4 is 17.3 Å². The average molecular weight is 369 g/mol. The maximum Gasteiger partial charge on any atom is 0.191 e. The molecule has 1 aromatic carbocycles. The number of aliphatic imine (C=N–C) groups is 1. The lowest BCUT2D eigenvalue weighted by Crippen LogP contribution is -2.37. The number of aromatic nitrogens is 3. The van der Waals surface area contributed by atoms with Gasteiger partial charge in [0.05, 0.1) is 17.0 Å². The van der Waals surface area contributed by atoms with Gasteiger partial charge >= 0.3 is 0 Å². The quantitative estimate of drug-likeness (QED) is 0.497. The maximum absolute atomic E-state index is 4.47. The molecule has 0 aliphatic heterocycles. The van der Waals surface area contributed by atoms with Crippen molar-refractivity contribution in [3.05, 3.63) is 70.2 Å². The van der Waals surface area contributed by atoms with Gasteiger partial charge in [0, 0.05) is 50.9 Å². The van der Waals surface area contributed by atoms with Gasteiger partial charge in [-0.3, -0.25) is 4.99 Å². The van der Waals surface area contributed by atoms with Crippen LogP contribution in [-0.2, 0) is 19.5 Å². The summed E-state index contributed by atoms with van der Waals surface area (Å²) in [6, 6.07) is 8.59. The van der Waals surface area contributed by atoms with Crippen LogP contribution < -0.4 is 10.6 Å². The third-order valence-corrected chi connectivity index (χ3v) is 4.79. The van der Waals surface area contributed by atoms with E-state index >= 15 is 0 Å². The molecule has 2 aromatic heterocycles. The van der Waals surface area contributed by atoms with E-state index in [-0.39, 0.29) is 0 Å². The predicted molar refractivity (Wildman–Crippen MR) is 107 cm³/mol. The lowest BCUT2D eigenvalue weighted by Gasteiger charge is -2.12. The zero-order chi connectivity index (χ0) is 18.2. The Morgan fingerprint density at radius 2 is 2.00 bits per heavy atom. The standard InChI is InChI=1S/C19H24N6S/c1-15-24-18(13-26-15)7-8-22-19(20-2)23-11-16-3-5-17(6-4-16)12-25-10-9-21-14-25/h3-6,9-10,13-14H,7-8,11-12H2,1-2H3,(H2,20,22,23). The Kier molecular flexibility index (Phi) is 6.38. The Hall–Kier alpha value is -2.67. The van der Waals surface area contributed by atoms with Crippen molar-refractivity contribution in [2.75, 3.05) is 13.6 Å². The number of benzene rings is 1. The van der Waals surface area contributed by atoms with Crippen molar-refractivity contribution in [3.8, 4) is 0 Å². The van der Waals surface area contributed by atoms with E-state index in [9.17, 15) is 0 Å². The number of nitrogens with one attached hydrogen (secondary N) is 2. The van der Waals surface area contributed by atoms with E-state index in [0.29, 0.717) is 0 Å². The monoisotopic (exact) mass is 368 g/mol. The van der Waals surface area contributed by atoms with Gasteiger partial charge in [-0.1, -0.05) is 24.3 Å². The van der Waals surface area contributed by atoms with Crippen molar-refractivity contribution in [1.29, 1.82) is 0 Å². The molecule has 0 aliphatic carbocycles. The molecule has 3 rings (SSSR count). The topological polar surface area (TPSA) is 67.1 Å². The fraction of sp³-hybridized carbons (Fsp3) is 0.316. The third-order valence-electron chi connectivity index (χ3n) is 3.97. The van der Waals surface area contributed by atoms with Crippen molar-refractivity contribution in [2.45, 2.75) is 26.4 Å². The Labute approximate surface area is 158 Å². The van der Waals surface area contributed by atoms with Crippen LogP contribution in [0.4, 0.5) is 0 Å². The minimum absolute atomic E-state index is 0.737. The fourth-order valence-electron chi connectivity index (χ4n) is 2.59. The molecule has 0 fully saturated rings. The molecule has 6 nitrogen and oxygen atoms in total. The van der Waals surface area contributed by atoms with Gasteiger partial charge in [0.15, 0.2) is 5.96 Å². The largest absolute Gasteiger partial charge is 0.356 e. The number of aryl methyl sites for hydroxylation is 1. The molecule has 2 heterocycles. The summed E-state index contributed by atoms with van der Waals surface area (Å²) in [6.45, 7) is 4.42. The highest BCUT2D eigenvalue weighted by Gasteiger charge is 2.02. The molecular weight excluding hydrogens is 344 g/mol. The number of rotatable bonds is 7. The summed E-state index contributed by atoms with van der Waals surface area (Å²) in [7, 11) is 1.79. The van der Waals surface area contributed by atoms with E-state index in [1.807, 2.05) is 19.4 Å². The number of imidazole rings is 1. The molecule has 26 heavy (non-hydrogen) atoms. The van der Waals surface area contributed by atoms with Crippen LogP contribution in [0.1, 0.15) is 21.8 Å².